The lowest BCUT2D eigenvalue weighted by molar-refractivity contribution is 0.574. The minimum Gasteiger partial charge on any atom is -0.281 e. The molecule has 0 fully saturated rings. The molecule has 0 aromatic carbocycles. The van der Waals surface area contributed by atoms with Gasteiger partial charge in [0, 0.05) is 24.0 Å². The first-order valence-corrected chi connectivity index (χ1v) is 7.76. The number of aromatic amines is 1. The molecule has 0 saturated carbocycles. The molecular weight excluding hydrogens is 272 g/mol. The molecule has 0 spiro atoms. The van der Waals surface area contributed by atoms with Gasteiger partial charge < -0.3 is 0 Å². The second kappa shape index (κ2) is 5.17. The molecule has 2 N–H and O–H groups in total. The summed E-state index contributed by atoms with van der Waals surface area (Å²) < 4.78 is 26.6. The van der Waals surface area contributed by atoms with Crippen molar-refractivity contribution in [3.8, 4) is 0 Å². The van der Waals surface area contributed by atoms with Crippen LogP contribution in [0.25, 0.3) is 0 Å². The molecule has 2 heterocycles. The maximum Gasteiger partial charge on any atom is 0.243 e. The highest BCUT2D eigenvalue weighted by Crippen LogP contribution is 2.18. The third-order valence-electron chi connectivity index (χ3n) is 2.53. The molecule has 0 radical (unpaired) electrons. The maximum atomic E-state index is 12.0. The predicted molar refractivity (Wildman–Crippen MR) is 69.0 cm³/mol. The van der Waals surface area contributed by atoms with Gasteiger partial charge in [-0.2, -0.15) is 5.10 Å². The minimum absolute atomic E-state index is 0.0481. The van der Waals surface area contributed by atoms with Crippen LogP contribution in [0.15, 0.2) is 22.7 Å². The highest BCUT2D eigenvalue weighted by Gasteiger charge is 2.20. The summed E-state index contributed by atoms with van der Waals surface area (Å²) in [5, 5.41) is 9.11. The Bertz CT molecular complexity index is 604. The second-order valence-corrected chi connectivity index (χ2v) is 6.64. The van der Waals surface area contributed by atoms with Crippen LogP contribution in [0, 0.1) is 6.92 Å². The number of H-pyrrole nitrogens is 1. The van der Waals surface area contributed by atoms with Crippen molar-refractivity contribution in [2.45, 2.75) is 24.7 Å². The number of aryl methyl sites for hydroxylation is 1. The van der Waals surface area contributed by atoms with Gasteiger partial charge in [-0.05, 0) is 6.92 Å². The molecule has 8 heteroatoms. The van der Waals surface area contributed by atoms with E-state index >= 15 is 0 Å². The highest BCUT2D eigenvalue weighted by atomic mass is 32.2. The average molecular weight is 286 g/mol. The molecule has 2 aromatic rings. The molecule has 98 valence electrons. The van der Waals surface area contributed by atoms with Crippen molar-refractivity contribution in [3.63, 3.8) is 0 Å². The molecule has 6 nitrogen and oxygen atoms in total. The van der Waals surface area contributed by atoms with Gasteiger partial charge in [-0.1, -0.05) is 6.92 Å². The van der Waals surface area contributed by atoms with Crippen molar-refractivity contribution in [3.05, 3.63) is 28.5 Å². The van der Waals surface area contributed by atoms with Crippen LogP contribution in [0.5, 0.6) is 0 Å². The van der Waals surface area contributed by atoms with Gasteiger partial charge in [0.1, 0.15) is 4.90 Å². The van der Waals surface area contributed by atoms with Crippen LogP contribution in [0.4, 0.5) is 0 Å². The van der Waals surface area contributed by atoms with E-state index in [1.807, 2.05) is 12.3 Å². The van der Waals surface area contributed by atoms with Crippen LogP contribution >= 0.6 is 11.3 Å². The van der Waals surface area contributed by atoms with Crippen LogP contribution in [0.3, 0.4) is 0 Å². The quantitative estimate of drug-likeness (QED) is 0.866. The number of aromatic nitrogens is 3. The second-order valence-electron chi connectivity index (χ2n) is 3.98. The molecule has 0 aliphatic carbocycles. The topological polar surface area (TPSA) is 87.7 Å². The SMILES string of the molecule is Cc1[nH]ncc1S(=O)(=O)NCC(C)c1nccs1. The van der Waals surface area contributed by atoms with Gasteiger partial charge in [0.15, 0.2) is 0 Å². The van der Waals surface area contributed by atoms with E-state index in [1.54, 1.807) is 13.1 Å². The highest BCUT2D eigenvalue weighted by molar-refractivity contribution is 7.89. The Morgan fingerprint density at radius 1 is 1.56 bits per heavy atom. The molecule has 0 saturated heterocycles. The fourth-order valence-corrected chi connectivity index (χ4v) is 3.45. The summed E-state index contributed by atoms with van der Waals surface area (Å²) in [5.74, 6) is 0.0481. The Balaban J connectivity index is 2.04. The molecule has 0 amide bonds. The number of thiazole rings is 1. The Morgan fingerprint density at radius 3 is 2.89 bits per heavy atom. The predicted octanol–water partition coefficient (Wildman–Crippen LogP) is 1.26. The van der Waals surface area contributed by atoms with Crippen molar-refractivity contribution < 1.29 is 8.42 Å². The lowest BCUT2D eigenvalue weighted by Crippen LogP contribution is -2.27. The molecule has 1 unspecified atom stereocenters. The Morgan fingerprint density at radius 2 is 2.33 bits per heavy atom. The van der Waals surface area contributed by atoms with E-state index in [2.05, 4.69) is 19.9 Å². The largest absolute Gasteiger partial charge is 0.281 e. The van der Waals surface area contributed by atoms with Gasteiger partial charge in [0.2, 0.25) is 10.0 Å². The Kier molecular flexibility index (Phi) is 3.79. The average Bonchev–Trinajstić information content (AvgIpc) is 2.96. The van der Waals surface area contributed by atoms with Crippen LogP contribution in [-0.2, 0) is 10.0 Å². The van der Waals surface area contributed by atoms with E-state index < -0.39 is 10.0 Å². The van der Waals surface area contributed by atoms with E-state index in [0.29, 0.717) is 12.2 Å². The van der Waals surface area contributed by atoms with Crippen molar-refractivity contribution >= 4 is 21.4 Å². The van der Waals surface area contributed by atoms with E-state index in [9.17, 15) is 8.42 Å². The normalized spacial score (nSPS) is 13.7. The molecule has 0 bridgehead atoms. The molecule has 18 heavy (non-hydrogen) atoms. The summed E-state index contributed by atoms with van der Waals surface area (Å²) in [6.07, 6.45) is 3.02. The summed E-state index contributed by atoms with van der Waals surface area (Å²) in [4.78, 5) is 4.35. The van der Waals surface area contributed by atoms with Gasteiger partial charge in [-0.25, -0.2) is 18.1 Å². The third-order valence-corrected chi connectivity index (χ3v) is 5.07. The fourth-order valence-electron chi connectivity index (χ4n) is 1.49. The van der Waals surface area contributed by atoms with Crippen molar-refractivity contribution in [1.29, 1.82) is 0 Å². The van der Waals surface area contributed by atoms with E-state index in [-0.39, 0.29) is 10.8 Å². The van der Waals surface area contributed by atoms with E-state index in [4.69, 9.17) is 0 Å². The Labute approximate surface area is 110 Å². The molecular formula is C10H14N4O2S2. The monoisotopic (exact) mass is 286 g/mol. The number of hydrogen-bond acceptors (Lipinski definition) is 5. The van der Waals surface area contributed by atoms with Gasteiger partial charge >= 0.3 is 0 Å². The smallest absolute Gasteiger partial charge is 0.243 e. The molecule has 2 aromatic heterocycles. The number of rotatable bonds is 5. The summed E-state index contributed by atoms with van der Waals surface area (Å²) in [6, 6.07) is 0. The van der Waals surface area contributed by atoms with Gasteiger partial charge in [-0.3, -0.25) is 5.10 Å². The zero-order valence-corrected chi connectivity index (χ0v) is 11.7. The van der Waals surface area contributed by atoms with Crippen LogP contribution in [-0.4, -0.2) is 30.1 Å². The van der Waals surface area contributed by atoms with Crippen LogP contribution < -0.4 is 4.72 Å². The minimum atomic E-state index is -3.50. The first-order valence-electron chi connectivity index (χ1n) is 5.39. The van der Waals surface area contributed by atoms with Crippen molar-refractivity contribution in [1.82, 2.24) is 19.9 Å². The summed E-state index contributed by atoms with van der Waals surface area (Å²) >= 11 is 1.52. The summed E-state index contributed by atoms with van der Waals surface area (Å²) in [6.45, 7) is 3.93. The van der Waals surface area contributed by atoms with Crippen LogP contribution in [0.1, 0.15) is 23.5 Å². The molecule has 0 aliphatic rings. The van der Waals surface area contributed by atoms with Crippen molar-refractivity contribution in [2.75, 3.05) is 6.54 Å². The summed E-state index contributed by atoms with van der Waals surface area (Å²) in [5.41, 5.74) is 0.532. The number of sulfonamides is 1. The number of nitrogens with zero attached hydrogens (tertiary/aromatic N) is 2. The molecule has 0 aliphatic heterocycles. The van der Waals surface area contributed by atoms with Gasteiger partial charge in [0.05, 0.1) is 16.9 Å². The number of hydrogen-bond donors (Lipinski definition) is 2. The van der Waals surface area contributed by atoms with Gasteiger partial charge in [-0.15, -0.1) is 11.3 Å². The zero-order valence-electron chi connectivity index (χ0n) is 10.0. The standard InChI is InChI=1S/C10H14N4O2S2/c1-7(10-11-3-4-17-10)5-13-18(15,16)9-6-12-14-8(9)2/h3-4,6-7,13H,5H2,1-2H3,(H,12,14). The fraction of sp³-hybridized carbons (Fsp3) is 0.400. The first-order chi connectivity index (χ1) is 8.50. The lowest BCUT2D eigenvalue weighted by Gasteiger charge is -2.10. The Hall–Kier alpha value is -1.25. The summed E-state index contributed by atoms with van der Waals surface area (Å²) in [7, 11) is -3.50. The lowest BCUT2D eigenvalue weighted by atomic mass is 10.2. The van der Waals surface area contributed by atoms with E-state index in [0.717, 1.165) is 5.01 Å². The van der Waals surface area contributed by atoms with Gasteiger partial charge in [0.25, 0.3) is 0 Å². The third kappa shape index (κ3) is 2.77. The van der Waals surface area contributed by atoms with Crippen LogP contribution in [0.2, 0.25) is 0 Å². The molecule has 1 atom stereocenters. The van der Waals surface area contributed by atoms with Crippen molar-refractivity contribution in [2.24, 2.45) is 0 Å². The number of nitrogens with one attached hydrogen (secondary N) is 2. The maximum absolute atomic E-state index is 12.0. The first kappa shape index (κ1) is 13.2. The molecule has 2 rings (SSSR count). The zero-order chi connectivity index (χ0) is 13.2. The van der Waals surface area contributed by atoms with E-state index in [1.165, 1.54) is 17.5 Å².